The van der Waals surface area contributed by atoms with E-state index >= 15 is 0 Å². The van der Waals surface area contributed by atoms with Crippen molar-refractivity contribution in [3.8, 4) is 0 Å². The van der Waals surface area contributed by atoms with E-state index in [1.807, 2.05) is 13.0 Å². The summed E-state index contributed by atoms with van der Waals surface area (Å²) in [5.41, 5.74) is 2.33. The van der Waals surface area contributed by atoms with E-state index in [1.165, 1.54) is 22.3 Å². The molecule has 1 aromatic heterocycles. The fourth-order valence-electron chi connectivity index (χ4n) is 2.15. The Morgan fingerprint density at radius 3 is 2.24 bits per heavy atom. The van der Waals surface area contributed by atoms with Crippen LogP contribution >= 0.6 is 11.3 Å². The van der Waals surface area contributed by atoms with Crippen molar-refractivity contribution < 1.29 is 0 Å². The molecule has 84 valence electrons. The molecule has 0 aliphatic heterocycles. The Morgan fingerprint density at radius 1 is 0.824 bits per heavy atom. The van der Waals surface area contributed by atoms with Gasteiger partial charge in [-0.25, -0.2) is 0 Å². The maximum Gasteiger partial charge on any atom is 0.240 e. The third-order valence-corrected chi connectivity index (χ3v) is 3.99. The van der Waals surface area contributed by atoms with Gasteiger partial charge in [0.15, 0.2) is 0 Å². The molecule has 3 rings (SSSR count). The summed E-state index contributed by atoms with van der Waals surface area (Å²) in [6.07, 6.45) is 0. The van der Waals surface area contributed by atoms with Crippen LogP contribution in [0, 0.1) is 13.8 Å². The Bertz CT molecular complexity index is 784. The Hall–Kier alpha value is -1.67. The molecule has 0 fully saturated rings. The van der Waals surface area contributed by atoms with E-state index in [-0.39, 0.29) is 4.74 Å². The molecule has 0 atom stereocenters. The molecular weight excluding hydrogens is 228 g/mol. The number of rotatable bonds is 0. The molecular formula is C15H12OS. The van der Waals surface area contributed by atoms with Gasteiger partial charge in [-0.3, -0.25) is 4.79 Å². The molecule has 17 heavy (non-hydrogen) atoms. The van der Waals surface area contributed by atoms with Crippen molar-refractivity contribution in [2.75, 3.05) is 0 Å². The zero-order chi connectivity index (χ0) is 12.0. The summed E-state index contributed by atoms with van der Waals surface area (Å²) in [6, 6.07) is 12.4. The fraction of sp³-hybridized carbons (Fsp3) is 0.133. The van der Waals surface area contributed by atoms with Gasteiger partial charge in [-0.05, 0) is 42.3 Å². The van der Waals surface area contributed by atoms with E-state index in [9.17, 15) is 4.79 Å². The number of benzene rings is 2. The highest BCUT2D eigenvalue weighted by Crippen LogP contribution is 2.26. The maximum atomic E-state index is 12.1. The first kappa shape index (κ1) is 10.5. The molecule has 0 amide bonds. The van der Waals surface area contributed by atoms with E-state index in [0.29, 0.717) is 0 Å². The molecule has 0 bridgehead atoms. The number of aryl methyl sites for hydroxylation is 2. The third kappa shape index (κ3) is 1.65. The van der Waals surface area contributed by atoms with Crippen LogP contribution in [0.3, 0.4) is 0 Å². The Balaban J connectivity index is 2.60. The molecule has 0 saturated carbocycles. The first-order valence-corrected chi connectivity index (χ1v) is 6.40. The molecule has 0 aliphatic carbocycles. The van der Waals surface area contributed by atoms with Gasteiger partial charge in [-0.2, -0.15) is 0 Å². The summed E-state index contributed by atoms with van der Waals surface area (Å²) < 4.78 is 1.23. The maximum absolute atomic E-state index is 12.1. The standard InChI is InChI=1S/C15H12OS/c1-9-3-5-11-12-6-4-10(2)8-14(12)17-15(16)13(11)7-9/h3-8H,1-2H3. The molecule has 3 aromatic rings. The van der Waals surface area contributed by atoms with E-state index < -0.39 is 0 Å². The molecule has 0 unspecified atom stereocenters. The van der Waals surface area contributed by atoms with Crippen LogP contribution in [-0.2, 0) is 0 Å². The van der Waals surface area contributed by atoms with E-state index in [0.717, 1.165) is 21.0 Å². The molecule has 1 heterocycles. The van der Waals surface area contributed by atoms with Crippen LogP contribution in [0.1, 0.15) is 11.1 Å². The van der Waals surface area contributed by atoms with Gasteiger partial charge < -0.3 is 0 Å². The monoisotopic (exact) mass is 240 g/mol. The zero-order valence-corrected chi connectivity index (χ0v) is 10.6. The SMILES string of the molecule is Cc1ccc2c(c1)sc(=O)c1cc(C)ccc12. The molecule has 0 N–H and O–H groups in total. The van der Waals surface area contributed by atoms with E-state index in [4.69, 9.17) is 0 Å². The van der Waals surface area contributed by atoms with Gasteiger partial charge in [0.25, 0.3) is 0 Å². The second kappa shape index (κ2) is 3.67. The van der Waals surface area contributed by atoms with Gasteiger partial charge in [0.05, 0.1) is 0 Å². The second-order valence-corrected chi connectivity index (χ2v) is 5.45. The minimum Gasteiger partial charge on any atom is -0.277 e. The van der Waals surface area contributed by atoms with Crippen LogP contribution in [-0.4, -0.2) is 0 Å². The second-order valence-electron chi connectivity index (χ2n) is 4.44. The van der Waals surface area contributed by atoms with Crippen LogP contribution in [0.25, 0.3) is 20.9 Å². The fourth-order valence-corrected chi connectivity index (χ4v) is 3.16. The summed E-state index contributed by atoms with van der Waals surface area (Å²) in [7, 11) is 0. The average Bonchev–Trinajstić information content (AvgIpc) is 2.29. The lowest BCUT2D eigenvalue weighted by atomic mass is 10.1. The molecule has 1 nitrogen and oxygen atoms in total. The normalized spacial score (nSPS) is 11.2. The van der Waals surface area contributed by atoms with E-state index in [2.05, 4.69) is 37.3 Å². The molecule has 0 radical (unpaired) electrons. The van der Waals surface area contributed by atoms with Gasteiger partial charge in [0.1, 0.15) is 0 Å². The Labute approximate surface area is 103 Å². The minimum atomic E-state index is 0.154. The van der Waals surface area contributed by atoms with Crippen LogP contribution in [0.15, 0.2) is 41.2 Å². The average molecular weight is 240 g/mol. The summed E-state index contributed by atoms with van der Waals surface area (Å²) in [5, 5.41) is 3.08. The van der Waals surface area contributed by atoms with Crippen LogP contribution in [0.2, 0.25) is 0 Å². The lowest BCUT2D eigenvalue weighted by Gasteiger charge is -2.04. The molecule has 2 aromatic carbocycles. The Kier molecular flexibility index (Phi) is 2.26. The molecule has 2 heteroatoms. The largest absolute Gasteiger partial charge is 0.277 e. The van der Waals surface area contributed by atoms with Crippen LogP contribution in [0.5, 0.6) is 0 Å². The van der Waals surface area contributed by atoms with Crippen molar-refractivity contribution in [1.82, 2.24) is 0 Å². The Morgan fingerprint density at radius 2 is 1.47 bits per heavy atom. The van der Waals surface area contributed by atoms with Crippen LogP contribution in [0.4, 0.5) is 0 Å². The number of fused-ring (bicyclic) bond motifs is 3. The summed E-state index contributed by atoms with van der Waals surface area (Å²) in [4.78, 5) is 12.1. The van der Waals surface area contributed by atoms with Gasteiger partial charge in [-0.1, -0.05) is 41.2 Å². The third-order valence-electron chi connectivity index (χ3n) is 3.02. The molecule has 0 saturated heterocycles. The van der Waals surface area contributed by atoms with Crippen molar-refractivity contribution in [3.63, 3.8) is 0 Å². The number of hydrogen-bond donors (Lipinski definition) is 0. The highest BCUT2D eigenvalue weighted by molar-refractivity contribution is 7.17. The van der Waals surface area contributed by atoms with Crippen molar-refractivity contribution in [1.29, 1.82) is 0 Å². The van der Waals surface area contributed by atoms with Crippen molar-refractivity contribution >= 4 is 32.2 Å². The molecule has 0 aliphatic rings. The first-order chi connectivity index (χ1) is 8.15. The summed E-state index contributed by atoms with van der Waals surface area (Å²) in [5.74, 6) is 0. The highest BCUT2D eigenvalue weighted by Gasteiger charge is 2.05. The lowest BCUT2D eigenvalue weighted by molar-refractivity contribution is 1.50. The minimum absolute atomic E-state index is 0.154. The van der Waals surface area contributed by atoms with Gasteiger partial charge in [-0.15, -0.1) is 0 Å². The topological polar surface area (TPSA) is 17.1 Å². The van der Waals surface area contributed by atoms with Crippen molar-refractivity contribution in [2.24, 2.45) is 0 Å². The van der Waals surface area contributed by atoms with Gasteiger partial charge >= 0.3 is 0 Å². The summed E-state index contributed by atoms with van der Waals surface area (Å²) >= 11 is 1.34. The van der Waals surface area contributed by atoms with E-state index in [1.54, 1.807) is 0 Å². The summed E-state index contributed by atoms with van der Waals surface area (Å²) in [6.45, 7) is 4.07. The van der Waals surface area contributed by atoms with Crippen molar-refractivity contribution in [3.05, 3.63) is 57.1 Å². The first-order valence-electron chi connectivity index (χ1n) is 5.59. The van der Waals surface area contributed by atoms with Crippen LogP contribution < -0.4 is 4.74 Å². The highest BCUT2D eigenvalue weighted by atomic mass is 32.1. The van der Waals surface area contributed by atoms with Crippen molar-refractivity contribution in [2.45, 2.75) is 13.8 Å². The van der Waals surface area contributed by atoms with Gasteiger partial charge in [0.2, 0.25) is 4.74 Å². The predicted octanol–water partition coefficient (Wildman–Crippen LogP) is 4.03. The molecule has 0 spiro atoms. The van der Waals surface area contributed by atoms with Gasteiger partial charge in [0, 0.05) is 10.1 Å². The predicted molar refractivity (Wildman–Crippen MR) is 75.1 cm³/mol. The lowest BCUT2D eigenvalue weighted by Crippen LogP contribution is -1.96. The number of hydrogen-bond acceptors (Lipinski definition) is 2. The zero-order valence-electron chi connectivity index (χ0n) is 9.78. The smallest absolute Gasteiger partial charge is 0.240 e. The quantitative estimate of drug-likeness (QED) is 0.542.